The molecule has 1 aliphatic rings. The lowest BCUT2D eigenvalue weighted by Gasteiger charge is -2.21. The van der Waals surface area contributed by atoms with E-state index in [9.17, 15) is 13.2 Å². The summed E-state index contributed by atoms with van der Waals surface area (Å²) in [5.41, 5.74) is 1.07. The zero-order valence-electron chi connectivity index (χ0n) is 16.2. The number of carbonyl (C=O) groups excluding carboxylic acids is 1. The van der Waals surface area contributed by atoms with Gasteiger partial charge in [0.2, 0.25) is 5.91 Å². The Morgan fingerprint density at radius 3 is 2.46 bits per heavy atom. The van der Waals surface area contributed by atoms with Gasteiger partial charge >= 0.3 is 0 Å². The lowest BCUT2D eigenvalue weighted by Crippen LogP contribution is -2.39. The van der Waals surface area contributed by atoms with Crippen molar-refractivity contribution in [3.05, 3.63) is 54.1 Å². The van der Waals surface area contributed by atoms with E-state index in [4.69, 9.17) is 0 Å². The molecule has 0 saturated heterocycles. The molecule has 0 atom stereocenters. The Balaban J connectivity index is 1.56. The van der Waals surface area contributed by atoms with Gasteiger partial charge in [0.1, 0.15) is 17.3 Å². The van der Waals surface area contributed by atoms with E-state index in [0.717, 1.165) is 31.2 Å². The summed E-state index contributed by atoms with van der Waals surface area (Å²) in [4.78, 5) is 16.5. The van der Waals surface area contributed by atoms with Crippen LogP contribution in [-0.4, -0.2) is 35.7 Å². The molecule has 0 radical (unpaired) electrons. The van der Waals surface area contributed by atoms with Crippen molar-refractivity contribution in [3.63, 3.8) is 0 Å². The Kier molecular flexibility index (Phi) is 7.25. The van der Waals surface area contributed by atoms with Gasteiger partial charge in [-0.25, -0.2) is 13.4 Å². The highest BCUT2D eigenvalue weighted by molar-refractivity contribution is 7.91. The van der Waals surface area contributed by atoms with Gasteiger partial charge < -0.3 is 9.88 Å². The number of rotatable bonds is 7. The van der Waals surface area contributed by atoms with Crippen molar-refractivity contribution in [2.24, 2.45) is 0 Å². The number of amides is 1. The molecule has 1 fully saturated rings. The zero-order valence-corrected chi connectivity index (χ0v) is 17.0. The number of hydrogen-bond acceptors (Lipinski definition) is 4. The molecular formula is C21H29N3O3S. The minimum absolute atomic E-state index is 0.100. The molecule has 1 N–H and O–H groups in total. The van der Waals surface area contributed by atoms with Crippen LogP contribution < -0.4 is 5.32 Å². The molecule has 3 rings (SSSR count). The van der Waals surface area contributed by atoms with Crippen LogP contribution in [0.5, 0.6) is 0 Å². The predicted molar refractivity (Wildman–Crippen MR) is 110 cm³/mol. The second-order valence-electron chi connectivity index (χ2n) is 7.60. The molecule has 7 heteroatoms. The lowest BCUT2D eigenvalue weighted by molar-refractivity contribution is -0.119. The van der Waals surface area contributed by atoms with Gasteiger partial charge in [0.05, 0.1) is 0 Å². The Hall–Kier alpha value is -2.15. The minimum atomic E-state index is -3.58. The van der Waals surface area contributed by atoms with Crippen LogP contribution >= 0.6 is 0 Å². The quantitative estimate of drug-likeness (QED) is 0.770. The van der Waals surface area contributed by atoms with Gasteiger partial charge in [0, 0.05) is 25.0 Å². The van der Waals surface area contributed by atoms with Gasteiger partial charge in [-0.15, -0.1) is 0 Å². The fraction of sp³-hybridized carbons (Fsp3) is 0.524. The molecule has 2 aromatic rings. The molecule has 1 aromatic carbocycles. The second kappa shape index (κ2) is 9.87. The summed E-state index contributed by atoms with van der Waals surface area (Å²) >= 11 is 0. The molecule has 0 unspecified atom stereocenters. The van der Waals surface area contributed by atoms with Crippen molar-refractivity contribution in [1.29, 1.82) is 0 Å². The standard InChI is InChI=1S/C21H29N3O3S/c25-21(23-19-11-7-2-1-3-8-12-19)17-28(26,27)16-20-22-13-14-24(20)15-18-9-5-4-6-10-18/h4-6,9-10,13-14,19H,1-3,7-8,11-12,15-17H2,(H,23,25). The maximum absolute atomic E-state index is 12.6. The third-order valence-electron chi connectivity index (χ3n) is 5.17. The van der Waals surface area contributed by atoms with Gasteiger partial charge in [-0.1, -0.05) is 62.4 Å². The molecular weight excluding hydrogens is 374 g/mol. The van der Waals surface area contributed by atoms with E-state index >= 15 is 0 Å². The SMILES string of the molecule is O=C(CS(=O)(=O)Cc1nccn1Cc1ccccc1)NC1CCCCCCC1. The van der Waals surface area contributed by atoms with Crippen LogP contribution in [-0.2, 0) is 26.9 Å². The molecule has 1 heterocycles. The Labute approximate surface area is 167 Å². The van der Waals surface area contributed by atoms with Crippen LogP contribution in [0, 0.1) is 0 Å². The normalized spacial score (nSPS) is 16.3. The third-order valence-corrected chi connectivity index (χ3v) is 6.57. The van der Waals surface area contributed by atoms with Crippen molar-refractivity contribution < 1.29 is 13.2 Å². The first-order valence-electron chi connectivity index (χ1n) is 10.1. The molecule has 1 amide bonds. The van der Waals surface area contributed by atoms with E-state index < -0.39 is 21.5 Å². The first-order valence-corrected chi connectivity index (χ1v) is 11.9. The number of nitrogens with one attached hydrogen (secondary N) is 1. The molecule has 0 bridgehead atoms. The maximum Gasteiger partial charge on any atom is 0.235 e. The highest BCUT2D eigenvalue weighted by Crippen LogP contribution is 2.17. The molecule has 0 aliphatic heterocycles. The summed E-state index contributed by atoms with van der Waals surface area (Å²) in [6, 6.07) is 9.91. The van der Waals surface area contributed by atoms with Crippen molar-refractivity contribution >= 4 is 15.7 Å². The molecule has 0 spiro atoms. The number of imidazole rings is 1. The van der Waals surface area contributed by atoms with Crippen LogP contribution in [0.25, 0.3) is 0 Å². The number of nitrogens with zero attached hydrogens (tertiary/aromatic N) is 2. The van der Waals surface area contributed by atoms with Crippen molar-refractivity contribution in [2.75, 3.05) is 5.75 Å². The molecule has 6 nitrogen and oxygen atoms in total. The summed E-state index contributed by atoms with van der Waals surface area (Å²) in [6.45, 7) is 0.556. The largest absolute Gasteiger partial charge is 0.352 e. The summed E-state index contributed by atoms with van der Waals surface area (Å²) < 4.78 is 26.9. The van der Waals surface area contributed by atoms with Gasteiger partial charge in [0.25, 0.3) is 0 Å². The van der Waals surface area contributed by atoms with Gasteiger partial charge in [0.15, 0.2) is 9.84 Å². The fourth-order valence-electron chi connectivity index (χ4n) is 3.72. The van der Waals surface area contributed by atoms with Crippen LogP contribution in [0.3, 0.4) is 0 Å². The van der Waals surface area contributed by atoms with Crippen molar-refractivity contribution in [2.45, 2.75) is 63.3 Å². The topological polar surface area (TPSA) is 81.1 Å². The first-order chi connectivity index (χ1) is 13.5. The predicted octanol–water partition coefficient (Wildman–Crippen LogP) is 3.08. The first kappa shape index (κ1) is 20.6. The van der Waals surface area contributed by atoms with Gasteiger partial charge in [-0.3, -0.25) is 4.79 Å². The molecule has 1 aromatic heterocycles. The van der Waals surface area contributed by atoms with E-state index in [-0.39, 0.29) is 11.8 Å². The monoisotopic (exact) mass is 403 g/mol. The summed E-state index contributed by atoms with van der Waals surface area (Å²) in [7, 11) is -3.58. The Bertz CT molecular complexity index is 854. The maximum atomic E-state index is 12.6. The fourth-order valence-corrected chi connectivity index (χ4v) is 4.94. The van der Waals surface area contributed by atoms with Crippen LogP contribution in [0.4, 0.5) is 0 Å². The van der Waals surface area contributed by atoms with Gasteiger partial charge in [-0.2, -0.15) is 0 Å². The van der Waals surface area contributed by atoms with Crippen LogP contribution in [0.2, 0.25) is 0 Å². The molecule has 152 valence electrons. The van der Waals surface area contributed by atoms with E-state index in [1.54, 1.807) is 12.4 Å². The average Bonchev–Trinajstić information content (AvgIpc) is 3.03. The van der Waals surface area contributed by atoms with E-state index in [1.165, 1.54) is 19.3 Å². The number of hydrogen-bond donors (Lipinski definition) is 1. The van der Waals surface area contributed by atoms with Crippen molar-refractivity contribution in [3.8, 4) is 0 Å². The number of benzene rings is 1. The van der Waals surface area contributed by atoms with Crippen LogP contribution in [0.15, 0.2) is 42.7 Å². The van der Waals surface area contributed by atoms with E-state index in [0.29, 0.717) is 12.4 Å². The van der Waals surface area contributed by atoms with E-state index in [1.807, 2.05) is 34.9 Å². The Morgan fingerprint density at radius 2 is 1.75 bits per heavy atom. The average molecular weight is 404 g/mol. The van der Waals surface area contributed by atoms with E-state index in [2.05, 4.69) is 10.3 Å². The Morgan fingerprint density at radius 1 is 1.07 bits per heavy atom. The van der Waals surface area contributed by atoms with Crippen LogP contribution in [0.1, 0.15) is 56.3 Å². The minimum Gasteiger partial charge on any atom is -0.352 e. The highest BCUT2D eigenvalue weighted by Gasteiger charge is 2.22. The lowest BCUT2D eigenvalue weighted by atomic mass is 9.97. The second-order valence-corrected chi connectivity index (χ2v) is 9.66. The van der Waals surface area contributed by atoms with Gasteiger partial charge in [-0.05, 0) is 18.4 Å². The number of carbonyl (C=O) groups is 1. The summed E-state index contributed by atoms with van der Waals surface area (Å²) in [5, 5.41) is 2.93. The molecule has 1 aliphatic carbocycles. The number of sulfone groups is 1. The number of aromatic nitrogens is 2. The molecule has 28 heavy (non-hydrogen) atoms. The highest BCUT2D eigenvalue weighted by atomic mass is 32.2. The summed E-state index contributed by atoms with van der Waals surface area (Å²) in [6.07, 6.45) is 11.1. The summed E-state index contributed by atoms with van der Waals surface area (Å²) in [5.74, 6) is -0.651. The molecule has 1 saturated carbocycles. The van der Waals surface area contributed by atoms with Crippen molar-refractivity contribution in [1.82, 2.24) is 14.9 Å². The smallest absolute Gasteiger partial charge is 0.235 e. The third kappa shape index (κ3) is 6.48. The zero-order chi connectivity index (χ0) is 19.8.